The molecule has 2 aromatic rings. The number of piperidine rings is 1. The van der Waals surface area contributed by atoms with Gasteiger partial charge in [0.25, 0.3) is 0 Å². The molecule has 0 radical (unpaired) electrons. The minimum atomic E-state index is 0.697. The summed E-state index contributed by atoms with van der Waals surface area (Å²) in [4.78, 5) is 10.7. The van der Waals surface area contributed by atoms with Gasteiger partial charge in [-0.25, -0.2) is 4.99 Å². The molecule has 2 heterocycles. The van der Waals surface area contributed by atoms with E-state index in [-0.39, 0.29) is 0 Å². The largest absolute Gasteiger partial charge is 0.357 e. The minimum Gasteiger partial charge on any atom is -0.357 e. The van der Waals surface area contributed by atoms with Gasteiger partial charge in [-0.1, -0.05) is 25.1 Å². The van der Waals surface area contributed by atoms with Crippen molar-refractivity contribution < 1.29 is 0 Å². The van der Waals surface area contributed by atoms with E-state index in [4.69, 9.17) is 4.99 Å². The maximum Gasteiger partial charge on any atom is 0.194 e. The molecular formula is C18H26N4. The van der Waals surface area contributed by atoms with Crippen LogP contribution in [0.4, 0.5) is 0 Å². The fraction of sp³-hybridized carbons (Fsp3) is 0.500. The average Bonchev–Trinajstić information content (AvgIpc) is 2.95. The number of para-hydroxylation sites is 1. The van der Waals surface area contributed by atoms with Gasteiger partial charge in [0.2, 0.25) is 0 Å². The topological polar surface area (TPSA) is 43.4 Å². The summed E-state index contributed by atoms with van der Waals surface area (Å²) in [6, 6.07) is 10.6. The summed E-state index contributed by atoms with van der Waals surface area (Å²) >= 11 is 0. The number of aliphatic imine (C=N–C) groups is 1. The van der Waals surface area contributed by atoms with Crippen LogP contribution < -0.4 is 5.32 Å². The molecule has 0 aliphatic carbocycles. The van der Waals surface area contributed by atoms with E-state index in [1.807, 2.05) is 0 Å². The molecule has 0 atom stereocenters. The number of guanidine groups is 1. The van der Waals surface area contributed by atoms with E-state index in [1.54, 1.807) is 0 Å². The average molecular weight is 298 g/mol. The Morgan fingerprint density at radius 2 is 2.09 bits per heavy atom. The monoisotopic (exact) mass is 298 g/mol. The molecule has 1 saturated heterocycles. The molecular weight excluding hydrogens is 272 g/mol. The fourth-order valence-electron chi connectivity index (χ4n) is 3.02. The summed E-state index contributed by atoms with van der Waals surface area (Å²) in [5.74, 6) is 1.89. The van der Waals surface area contributed by atoms with Gasteiger partial charge in [-0.05, 0) is 43.2 Å². The second-order valence-corrected chi connectivity index (χ2v) is 6.22. The summed E-state index contributed by atoms with van der Waals surface area (Å²) in [5, 5.41) is 4.69. The molecule has 0 spiro atoms. The molecule has 118 valence electrons. The lowest BCUT2D eigenvalue weighted by Gasteiger charge is -2.32. The Morgan fingerprint density at radius 3 is 2.82 bits per heavy atom. The van der Waals surface area contributed by atoms with Crippen molar-refractivity contribution >= 4 is 16.9 Å². The Morgan fingerprint density at radius 1 is 1.32 bits per heavy atom. The van der Waals surface area contributed by atoms with E-state index in [0.717, 1.165) is 31.5 Å². The number of benzene rings is 1. The van der Waals surface area contributed by atoms with Crippen LogP contribution in [0.5, 0.6) is 0 Å². The van der Waals surface area contributed by atoms with Crippen LogP contribution in [0.25, 0.3) is 10.9 Å². The highest BCUT2D eigenvalue weighted by Gasteiger charge is 2.18. The first-order valence-corrected chi connectivity index (χ1v) is 8.36. The van der Waals surface area contributed by atoms with Crippen LogP contribution in [0.3, 0.4) is 0 Å². The molecule has 1 aromatic heterocycles. The van der Waals surface area contributed by atoms with Gasteiger partial charge in [0, 0.05) is 30.8 Å². The highest BCUT2D eigenvalue weighted by atomic mass is 15.3. The van der Waals surface area contributed by atoms with Crippen molar-refractivity contribution in [3.63, 3.8) is 0 Å². The number of likely N-dealkylation sites (tertiary alicyclic amines) is 1. The SMILES string of the molecule is CCNC(=NCc1cc2ccccc2[nH]1)N1CCC(C)CC1. The van der Waals surface area contributed by atoms with Crippen LogP contribution in [0.2, 0.25) is 0 Å². The van der Waals surface area contributed by atoms with E-state index < -0.39 is 0 Å². The first-order valence-electron chi connectivity index (χ1n) is 8.36. The fourth-order valence-corrected chi connectivity index (χ4v) is 3.02. The van der Waals surface area contributed by atoms with Crippen LogP contribution in [-0.4, -0.2) is 35.5 Å². The zero-order chi connectivity index (χ0) is 15.4. The smallest absolute Gasteiger partial charge is 0.194 e. The molecule has 4 nitrogen and oxygen atoms in total. The second-order valence-electron chi connectivity index (χ2n) is 6.22. The highest BCUT2D eigenvalue weighted by molar-refractivity contribution is 5.81. The highest BCUT2D eigenvalue weighted by Crippen LogP contribution is 2.17. The lowest BCUT2D eigenvalue weighted by molar-refractivity contribution is 0.273. The lowest BCUT2D eigenvalue weighted by atomic mass is 10.00. The number of hydrogen-bond donors (Lipinski definition) is 2. The third kappa shape index (κ3) is 3.43. The molecule has 0 saturated carbocycles. The number of fused-ring (bicyclic) bond motifs is 1. The second kappa shape index (κ2) is 6.86. The summed E-state index contributed by atoms with van der Waals surface area (Å²) in [6.45, 7) is 8.30. The predicted octanol–water partition coefficient (Wildman–Crippen LogP) is 3.37. The van der Waals surface area contributed by atoms with Crippen molar-refractivity contribution in [3.05, 3.63) is 36.0 Å². The molecule has 1 aliphatic heterocycles. The Kier molecular flexibility index (Phi) is 4.66. The molecule has 1 aliphatic rings. The van der Waals surface area contributed by atoms with E-state index in [1.165, 1.54) is 29.4 Å². The van der Waals surface area contributed by atoms with Crippen molar-refractivity contribution in [2.45, 2.75) is 33.2 Å². The first-order chi connectivity index (χ1) is 10.8. The van der Waals surface area contributed by atoms with Gasteiger partial charge < -0.3 is 15.2 Å². The summed E-state index contributed by atoms with van der Waals surface area (Å²) in [6.07, 6.45) is 2.52. The summed E-state index contributed by atoms with van der Waals surface area (Å²) < 4.78 is 0. The lowest BCUT2D eigenvalue weighted by Crippen LogP contribution is -2.45. The standard InChI is InChI=1S/C18H26N4/c1-3-19-18(22-10-8-14(2)9-11-22)20-13-16-12-15-6-4-5-7-17(15)21-16/h4-7,12,14,21H,3,8-11,13H2,1-2H3,(H,19,20). The number of aromatic amines is 1. The molecule has 4 heteroatoms. The molecule has 1 aromatic carbocycles. The number of nitrogens with zero attached hydrogens (tertiary/aromatic N) is 2. The van der Waals surface area contributed by atoms with E-state index in [0.29, 0.717) is 6.54 Å². The maximum atomic E-state index is 4.83. The quantitative estimate of drug-likeness (QED) is 0.674. The number of nitrogens with one attached hydrogen (secondary N) is 2. The van der Waals surface area contributed by atoms with Crippen molar-refractivity contribution in [2.75, 3.05) is 19.6 Å². The zero-order valence-electron chi connectivity index (χ0n) is 13.6. The normalized spacial score (nSPS) is 17.2. The predicted molar refractivity (Wildman–Crippen MR) is 93.1 cm³/mol. The Hall–Kier alpha value is -1.97. The Labute approximate surface area is 132 Å². The minimum absolute atomic E-state index is 0.697. The third-order valence-corrected chi connectivity index (χ3v) is 4.40. The van der Waals surface area contributed by atoms with Gasteiger partial charge in [-0.15, -0.1) is 0 Å². The Bertz CT molecular complexity index is 602. The van der Waals surface area contributed by atoms with Crippen molar-refractivity contribution in [1.82, 2.24) is 15.2 Å². The van der Waals surface area contributed by atoms with Crippen molar-refractivity contribution in [1.29, 1.82) is 0 Å². The van der Waals surface area contributed by atoms with Crippen LogP contribution in [-0.2, 0) is 6.54 Å². The van der Waals surface area contributed by atoms with Gasteiger partial charge in [0.15, 0.2) is 5.96 Å². The molecule has 1 fully saturated rings. The van der Waals surface area contributed by atoms with Gasteiger partial charge in [0.1, 0.15) is 0 Å². The molecule has 3 rings (SSSR count). The summed E-state index contributed by atoms with van der Waals surface area (Å²) in [7, 11) is 0. The Balaban J connectivity index is 1.71. The van der Waals surface area contributed by atoms with Crippen molar-refractivity contribution in [3.8, 4) is 0 Å². The molecule has 0 amide bonds. The van der Waals surface area contributed by atoms with Crippen LogP contribution in [0.15, 0.2) is 35.3 Å². The number of aromatic nitrogens is 1. The van der Waals surface area contributed by atoms with Crippen molar-refractivity contribution in [2.24, 2.45) is 10.9 Å². The number of H-pyrrole nitrogens is 1. The number of hydrogen-bond acceptors (Lipinski definition) is 1. The number of rotatable bonds is 3. The summed E-state index contributed by atoms with van der Waals surface area (Å²) in [5.41, 5.74) is 2.35. The van der Waals surface area contributed by atoms with E-state index in [9.17, 15) is 0 Å². The van der Waals surface area contributed by atoms with Gasteiger partial charge in [0.05, 0.1) is 6.54 Å². The van der Waals surface area contributed by atoms with Crippen LogP contribution >= 0.6 is 0 Å². The zero-order valence-corrected chi connectivity index (χ0v) is 13.6. The van der Waals surface area contributed by atoms with Crippen LogP contribution in [0, 0.1) is 5.92 Å². The van der Waals surface area contributed by atoms with E-state index in [2.05, 4.69) is 59.4 Å². The first kappa shape index (κ1) is 14.9. The maximum absolute atomic E-state index is 4.83. The van der Waals surface area contributed by atoms with Gasteiger partial charge in [-0.3, -0.25) is 0 Å². The molecule has 22 heavy (non-hydrogen) atoms. The van der Waals surface area contributed by atoms with Crippen LogP contribution in [0.1, 0.15) is 32.4 Å². The van der Waals surface area contributed by atoms with Gasteiger partial charge >= 0.3 is 0 Å². The van der Waals surface area contributed by atoms with E-state index >= 15 is 0 Å². The third-order valence-electron chi connectivity index (χ3n) is 4.40. The molecule has 0 bridgehead atoms. The van der Waals surface area contributed by atoms with Gasteiger partial charge in [-0.2, -0.15) is 0 Å². The molecule has 0 unspecified atom stereocenters. The molecule has 2 N–H and O–H groups in total.